The molecule has 108 valence electrons. The number of aliphatic carboxylic acids is 1. The highest BCUT2D eigenvalue weighted by Gasteiger charge is 2.32. The van der Waals surface area contributed by atoms with Crippen molar-refractivity contribution in [2.24, 2.45) is 5.92 Å². The van der Waals surface area contributed by atoms with Crippen LogP contribution in [0.1, 0.15) is 32.6 Å². The van der Waals surface area contributed by atoms with Gasteiger partial charge in [0, 0.05) is 30.1 Å². The number of carboxylic acids is 1. The molecule has 2 fully saturated rings. The van der Waals surface area contributed by atoms with Gasteiger partial charge in [-0.2, -0.15) is 11.8 Å². The van der Waals surface area contributed by atoms with Crippen molar-refractivity contribution in [3.05, 3.63) is 0 Å². The maximum Gasteiger partial charge on any atom is 0.317 e. The third-order valence-electron chi connectivity index (χ3n) is 3.99. The highest BCUT2D eigenvalue weighted by Crippen LogP contribution is 2.26. The fourth-order valence-electron chi connectivity index (χ4n) is 2.75. The van der Waals surface area contributed by atoms with Gasteiger partial charge in [-0.25, -0.2) is 4.79 Å². The molecule has 0 aromatic heterocycles. The van der Waals surface area contributed by atoms with Gasteiger partial charge < -0.3 is 15.3 Å². The van der Waals surface area contributed by atoms with Crippen molar-refractivity contribution < 1.29 is 14.7 Å². The van der Waals surface area contributed by atoms with Gasteiger partial charge in [0.1, 0.15) is 0 Å². The number of hydrogen-bond acceptors (Lipinski definition) is 3. The molecule has 1 aliphatic heterocycles. The topological polar surface area (TPSA) is 69.6 Å². The van der Waals surface area contributed by atoms with Gasteiger partial charge in [-0.1, -0.05) is 6.92 Å². The van der Waals surface area contributed by atoms with E-state index in [0.29, 0.717) is 18.1 Å². The number of thioether (sulfide) groups is 1. The molecule has 2 aliphatic rings. The molecule has 1 aliphatic carbocycles. The number of carboxylic acid groups (broad SMARTS) is 1. The second kappa shape index (κ2) is 6.50. The van der Waals surface area contributed by atoms with Gasteiger partial charge in [-0.3, -0.25) is 4.79 Å². The minimum absolute atomic E-state index is 0.0187. The van der Waals surface area contributed by atoms with Crippen molar-refractivity contribution >= 4 is 23.8 Å². The van der Waals surface area contributed by atoms with E-state index in [4.69, 9.17) is 5.11 Å². The molecule has 0 aromatic rings. The van der Waals surface area contributed by atoms with Crippen molar-refractivity contribution in [2.75, 3.05) is 18.8 Å². The summed E-state index contributed by atoms with van der Waals surface area (Å²) in [6.07, 6.45) is 3.11. The van der Waals surface area contributed by atoms with E-state index >= 15 is 0 Å². The minimum atomic E-state index is -0.739. The predicted octanol–water partition coefficient (Wildman–Crippen LogP) is 1.78. The van der Waals surface area contributed by atoms with E-state index in [1.165, 1.54) is 0 Å². The quantitative estimate of drug-likeness (QED) is 0.829. The number of hydrogen-bond donors (Lipinski definition) is 2. The molecule has 0 spiro atoms. The molecule has 2 rings (SSSR count). The van der Waals surface area contributed by atoms with Crippen molar-refractivity contribution in [1.29, 1.82) is 0 Å². The maximum absolute atomic E-state index is 12.2. The third kappa shape index (κ3) is 3.78. The van der Waals surface area contributed by atoms with Gasteiger partial charge in [-0.15, -0.1) is 0 Å². The van der Waals surface area contributed by atoms with Crippen LogP contribution in [0.4, 0.5) is 4.79 Å². The van der Waals surface area contributed by atoms with E-state index in [-0.39, 0.29) is 18.0 Å². The fourth-order valence-corrected chi connectivity index (χ4v) is 3.93. The zero-order valence-electron chi connectivity index (χ0n) is 11.3. The van der Waals surface area contributed by atoms with Gasteiger partial charge >= 0.3 is 12.0 Å². The molecule has 0 radical (unpaired) electrons. The molecule has 2 N–H and O–H groups in total. The summed E-state index contributed by atoms with van der Waals surface area (Å²) in [6, 6.07) is 0.0121. The van der Waals surface area contributed by atoms with E-state index in [2.05, 4.69) is 12.2 Å². The number of nitrogens with one attached hydrogen (secondary N) is 1. The second-order valence-electron chi connectivity index (χ2n) is 5.34. The van der Waals surface area contributed by atoms with Crippen LogP contribution in [0.15, 0.2) is 0 Å². The summed E-state index contributed by atoms with van der Waals surface area (Å²) in [5, 5.41) is 12.5. The highest BCUT2D eigenvalue weighted by molar-refractivity contribution is 8.00. The van der Waals surface area contributed by atoms with Crippen LogP contribution < -0.4 is 5.32 Å². The van der Waals surface area contributed by atoms with Crippen LogP contribution in [0.3, 0.4) is 0 Å². The minimum Gasteiger partial charge on any atom is -0.481 e. The molecule has 2 amide bonds. The van der Waals surface area contributed by atoms with Crippen molar-refractivity contribution in [1.82, 2.24) is 10.2 Å². The molecule has 1 heterocycles. The van der Waals surface area contributed by atoms with Gasteiger partial charge in [0.25, 0.3) is 0 Å². The Kier molecular flexibility index (Phi) is 4.96. The molecule has 0 aromatic carbocycles. The molecule has 0 bridgehead atoms. The van der Waals surface area contributed by atoms with Crippen LogP contribution in [0.2, 0.25) is 0 Å². The lowest BCUT2D eigenvalue weighted by Crippen LogP contribution is -2.49. The normalized spacial score (nSPS) is 31.2. The molecule has 6 heteroatoms. The van der Waals surface area contributed by atoms with E-state index < -0.39 is 5.97 Å². The Morgan fingerprint density at radius 3 is 2.84 bits per heavy atom. The molecule has 3 atom stereocenters. The van der Waals surface area contributed by atoms with E-state index in [1.54, 1.807) is 0 Å². The van der Waals surface area contributed by atoms with Gasteiger partial charge in [0.05, 0.1) is 5.92 Å². The first-order valence-corrected chi connectivity index (χ1v) is 8.04. The zero-order valence-corrected chi connectivity index (χ0v) is 12.1. The van der Waals surface area contributed by atoms with Crippen LogP contribution in [0, 0.1) is 5.92 Å². The standard InChI is InChI=1S/C13H22N2O3S/c1-2-11-8-15(5-6-19-11)13(18)14-10-4-3-9(7-10)12(16)17/h9-11H,2-8H2,1H3,(H,14,18)(H,16,17). The number of urea groups is 1. The molecular formula is C13H22N2O3S. The number of nitrogens with zero attached hydrogens (tertiary/aromatic N) is 1. The first kappa shape index (κ1) is 14.5. The highest BCUT2D eigenvalue weighted by atomic mass is 32.2. The van der Waals surface area contributed by atoms with E-state index in [1.807, 2.05) is 16.7 Å². The Hall–Kier alpha value is -0.910. The first-order valence-electron chi connectivity index (χ1n) is 7.00. The van der Waals surface area contributed by atoms with Gasteiger partial charge in [-0.05, 0) is 25.7 Å². The van der Waals surface area contributed by atoms with Crippen LogP contribution >= 0.6 is 11.8 Å². The molecule has 1 saturated carbocycles. The maximum atomic E-state index is 12.2. The largest absolute Gasteiger partial charge is 0.481 e. The number of amides is 2. The van der Waals surface area contributed by atoms with Crippen LogP contribution in [0.25, 0.3) is 0 Å². The van der Waals surface area contributed by atoms with Crippen molar-refractivity contribution in [3.8, 4) is 0 Å². The lowest BCUT2D eigenvalue weighted by atomic mass is 10.1. The number of carbonyl (C=O) groups is 2. The monoisotopic (exact) mass is 286 g/mol. The van der Waals surface area contributed by atoms with Gasteiger partial charge in [0.2, 0.25) is 0 Å². The summed E-state index contributed by atoms with van der Waals surface area (Å²) in [6.45, 7) is 3.75. The van der Waals surface area contributed by atoms with Crippen LogP contribution in [0.5, 0.6) is 0 Å². The van der Waals surface area contributed by atoms with Crippen LogP contribution in [-0.2, 0) is 4.79 Å². The molecule has 5 nitrogen and oxygen atoms in total. The lowest BCUT2D eigenvalue weighted by Gasteiger charge is -2.32. The lowest BCUT2D eigenvalue weighted by molar-refractivity contribution is -0.141. The third-order valence-corrected chi connectivity index (χ3v) is 5.36. The summed E-state index contributed by atoms with van der Waals surface area (Å²) in [5.74, 6) is -0.0308. The first-order chi connectivity index (χ1) is 9.10. The molecular weight excluding hydrogens is 264 g/mol. The number of carbonyl (C=O) groups excluding carboxylic acids is 1. The Morgan fingerprint density at radius 1 is 1.42 bits per heavy atom. The summed E-state index contributed by atoms with van der Waals surface area (Å²) in [4.78, 5) is 24.9. The molecule has 3 unspecified atom stereocenters. The fraction of sp³-hybridized carbons (Fsp3) is 0.846. The second-order valence-corrected chi connectivity index (χ2v) is 6.75. The van der Waals surface area contributed by atoms with Crippen molar-refractivity contribution in [2.45, 2.75) is 43.9 Å². The Balaban J connectivity index is 1.79. The Morgan fingerprint density at radius 2 is 2.21 bits per heavy atom. The average Bonchev–Trinajstić information content (AvgIpc) is 2.87. The molecule has 1 saturated heterocycles. The predicted molar refractivity (Wildman–Crippen MR) is 75.4 cm³/mol. The summed E-state index contributed by atoms with van der Waals surface area (Å²) < 4.78 is 0. The average molecular weight is 286 g/mol. The summed E-state index contributed by atoms with van der Waals surface area (Å²) >= 11 is 1.93. The van der Waals surface area contributed by atoms with E-state index in [0.717, 1.165) is 31.7 Å². The zero-order chi connectivity index (χ0) is 13.8. The van der Waals surface area contributed by atoms with Crippen molar-refractivity contribution in [3.63, 3.8) is 0 Å². The van der Waals surface area contributed by atoms with Crippen LogP contribution in [-0.4, -0.2) is 52.1 Å². The van der Waals surface area contributed by atoms with Gasteiger partial charge in [0.15, 0.2) is 0 Å². The SMILES string of the molecule is CCC1CN(C(=O)NC2CCC(C(=O)O)C2)CCS1. The smallest absolute Gasteiger partial charge is 0.317 e. The Bertz CT molecular complexity index is 351. The van der Waals surface area contributed by atoms with E-state index in [9.17, 15) is 9.59 Å². The molecule has 19 heavy (non-hydrogen) atoms. The summed E-state index contributed by atoms with van der Waals surface area (Å²) in [7, 11) is 0. The number of rotatable bonds is 3. The Labute approximate surface area is 118 Å². The summed E-state index contributed by atoms with van der Waals surface area (Å²) in [5.41, 5.74) is 0.